The first kappa shape index (κ1) is 16.6. The topological polar surface area (TPSA) is 49.3 Å². The molecule has 1 aliphatic carbocycles. The largest absolute Gasteiger partial charge is 0.478 e. The molecule has 3 atom stereocenters. The van der Waals surface area contributed by atoms with Gasteiger partial charge in [0.15, 0.2) is 0 Å². The number of fused-ring (bicyclic) bond motifs is 5. The van der Waals surface area contributed by atoms with Crippen LogP contribution in [-0.4, -0.2) is 11.1 Å². The molecule has 4 heteroatoms. The van der Waals surface area contributed by atoms with Crippen LogP contribution >= 0.6 is 15.9 Å². The third-order valence-corrected chi connectivity index (χ3v) is 6.42. The minimum atomic E-state index is -0.890. The molecule has 0 saturated carbocycles. The van der Waals surface area contributed by atoms with E-state index in [9.17, 15) is 9.90 Å². The van der Waals surface area contributed by atoms with E-state index in [0.717, 1.165) is 22.1 Å². The van der Waals surface area contributed by atoms with Crippen LogP contribution in [0.1, 0.15) is 44.6 Å². The summed E-state index contributed by atoms with van der Waals surface area (Å²) in [4.78, 5) is 11.9. The maximum absolute atomic E-state index is 11.9. The Morgan fingerprint density at radius 1 is 0.963 bits per heavy atom. The standard InChI is InChI=1S/C23H18BrNO2/c24-15-10-8-13(9-11-15)21-19-12-14-4-1-2-5-16(14)20(19)17-6-3-7-18(23(26)27)22(17)25-21/h1-11,19-21,25H,12H2,(H,26,27)/t19-,20+,21+/m0/s1. The zero-order valence-electron chi connectivity index (χ0n) is 14.5. The minimum absolute atomic E-state index is 0.0727. The third-order valence-electron chi connectivity index (χ3n) is 5.89. The number of para-hydroxylation sites is 1. The second-order valence-corrected chi connectivity index (χ2v) is 8.21. The predicted octanol–water partition coefficient (Wildman–Crippen LogP) is 5.62. The van der Waals surface area contributed by atoms with Crippen LogP contribution in [0.15, 0.2) is 71.2 Å². The molecule has 2 aliphatic rings. The van der Waals surface area contributed by atoms with Crippen molar-refractivity contribution in [2.24, 2.45) is 5.92 Å². The average Bonchev–Trinajstić information content (AvgIpc) is 3.07. The maximum atomic E-state index is 11.9. The van der Waals surface area contributed by atoms with Gasteiger partial charge in [-0.05, 0) is 52.8 Å². The van der Waals surface area contributed by atoms with E-state index in [4.69, 9.17) is 0 Å². The first-order valence-electron chi connectivity index (χ1n) is 9.09. The Bertz CT molecular complexity index is 1040. The van der Waals surface area contributed by atoms with Gasteiger partial charge in [-0.3, -0.25) is 0 Å². The van der Waals surface area contributed by atoms with E-state index < -0.39 is 5.97 Å². The average molecular weight is 420 g/mol. The molecule has 0 radical (unpaired) electrons. The molecule has 2 N–H and O–H groups in total. The van der Waals surface area contributed by atoms with Crippen molar-refractivity contribution in [3.63, 3.8) is 0 Å². The Balaban J connectivity index is 1.72. The van der Waals surface area contributed by atoms with Crippen LogP contribution in [0.3, 0.4) is 0 Å². The van der Waals surface area contributed by atoms with E-state index in [0.29, 0.717) is 11.5 Å². The molecule has 0 aromatic heterocycles. The van der Waals surface area contributed by atoms with Gasteiger partial charge in [0.2, 0.25) is 0 Å². The summed E-state index contributed by atoms with van der Waals surface area (Å²) in [7, 11) is 0. The summed E-state index contributed by atoms with van der Waals surface area (Å²) in [5, 5.41) is 13.3. The van der Waals surface area contributed by atoms with Gasteiger partial charge >= 0.3 is 5.97 Å². The molecule has 5 rings (SSSR count). The number of hydrogen-bond acceptors (Lipinski definition) is 2. The summed E-state index contributed by atoms with van der Waals surface area (Å²) in [6.45, 7) is 0. The monoisotopic (exact) mass is 419 g/mol. The second-order valence-electron chi connectivity index (χ2n) is 7.29. The highest BCUT2D eigenvalue weighted by molar-refractivity contribution is 9.10. The molecule has 1 aliphatic heterocycles. The smallest absolute Gasteiger partial charge is 0.337 e. The summed E-state index contributed by atoms with van der Waals surface area (Å²) in [6.07, 6.45) is 0.991. The molecule has 3 aromatic rings. The van der Waals surface area contributed by atoms with Crippen molar-refractivity contribution in [3.8, 4) is 0 Å². The van der Waals surface area contributed by atoms with Crippen LogP contribution in [-0.2, 0) is 6.42 Å². The van der Waals surface area contributed by atoms with E-state index >= 15 is 0 Å². The Morgan fingerprint density at radius 3 is 2.48 bits per heavy atom. The molecule has 0 fully saturated rings. The van der Waals surface area contributed by atoms with Crippen molar-refractivity contribution in [2.75, 3.05) is 5.32 Å². The molecule has 134 valence electrons. The van der Waals surface area contributed by atoms with Crippen LogP contribution < -0.4 is 5.32 Å². The van der Waals surface area contributed by atoms with Crippen molar-refractivity contribution in [1.82, 2.24) is 0 Å². The molecule has 0 amide bonds. The number of rotatable bonds is 2. The summed E-state index contributed by atoms with van der Waals surface area (Å²) in [5.41, 5.74) is 6.08. The summed E-state index contributed by atoms with van der Waals surface area (Å²) >= 11 is 3.51. The number of carboxylic acids is 1. The number of anilines is 1. The molecule has 0 spiro atoms. The van der Waals surface area contributed by atoms with Gasteiger partial charge in [-0.1, -0.05) is 64.5 Å². The highest BCUT2D eigenvalue weighted by Crippen LogP contribution is 2.54. The van der Waals surface area contributed by atoms with E-state index in [1.807, 2.05) is 18.2 Å². The van der Waals surface area contributed by atoms with Crippen LogP contribution in [0.2, 0.25) is 0 Å². The van der Waals surface area contributed by atoms with Crippen LogP contribution in [0, 0.1) is 5.92 Å². The van der Waals surface area contributed by atoms with Crippen molar-refractivity contribution in [1.29, 1.82) is 0 Å². The fourth-order valence-corrected chi connectivity index (χ4v) is 5.03. The van der Waals surface area contributed by atoms with Crippen LogP contribution in [0.5, 0.6) is 0 Å². The first-order chi connectivity index (χ1) is 13.1. The normalized spacial score (nSPS) is 22.3. The van der Waals surface area contributed by atoms with Crippen molar-refractivity contribution >= 4 is 27.6 Å². The highest BCUT2D eigenvalue weighted by atomic mass is 79.9. The Labute approximate surface area is 166 Å². The van der Waals surface area contributed by atoms with Gasteiger partial charge in [0.05, 0.1) is 17.3 Å². The number of aromatic carboxylic acids is 1. The summed E-state index contributed by atoms with van der Waals surface area (Å²) in [5.74, 6) is -0.316. The van der Waals surface area contributed by atoms with Gasteiger partial charge in [0.1, 0.15) is 0 Å². The lowest BCUT2D eigenvalue weighted by Gasteiger charge is -2.38. The second kappa shape index (κ2) is 6.24. The molecule has 0 bridgehead atoms. The zero-order valence-corrected chi connectivity index (χ0v) is 16.1. The van der Waals surface area contributed by atoms with E-state index in [1.165, 1.54) is 16.7 Å². The van der Waals surface area contributed by atoms with Gasteiger partial charge in [0, 0.05) is 10.4 Å². The fourth-order valence-electron chi connectivity index (χ4n) is 4.77. The molecular formula is C23H18BrNO2. The number of benzene rings is 3. The van der Waals surface area contributed by atoms with Crippen molar-refractivity contribution < 1.29 is 9.90 Å². The molecule has 0 saturated heterocycles. The van der Waals surface area contributed by atoms with Crippen molar-refractivity contribution in [3.05, 3.63) is 99.0 Å². The Kier molecular flexibility index (Phi) is 3.83. The molecular weight excluding hydrogens is 402 g/mol. The first-order valence-corrected chi connectivity index (χ1v) is 9.89. The van der Waals surface area contributed by atoms with Gasteiger partial charge < -0.3 is 10.4 Å². The number of halogens is 1. The van der Waals surface area contributed by atoms with Gasteiger partial charge in [-0.25, -0.2) is 4.79 Å². The lowest BCUT2D eigenvalue weighted by Crippen LogP contribution is -2.31. The Hall–Kier alpha value is -2.59. The van der Waals surface area contributed by atoms with E-state index in [2.05, 4.69) is 63.7 Å². The van der Waals surface area contributed by atoms with Crippen LogP contribution in [0.25, 0.3) is 0 Å². The van der Waals surface area contributed by atoms with Crippen molar-refractivity contribution in [2.45, 2.75) is 18.4 Å². The molecule has 3 aromatic carbocycles. The molecule has 1 heterocycles. The third kappa shape index (κ3) is 2.59. The number of carboxylic acid groups (broad SMARTS) is 1. The Morgan fingerprint density at radius 2 is 1.70 bits per heavy atom. The SMILES string of the molecule is O=C(O)c1cccc2c1N[C@H](c1ccc(Br)cc1)[C@H]1Cc3ccccc3[C@H]21. The summed E-state index contributed by atoms with van der Waals surface area (Å²) in [6, 6.07) is 22.6. The summed E-state index contributed by atoms with van der Waals surface area (Å²) < 4.78 is 1.04. The van der Waals surface area contributed by atoms with Gasteiger partial charge in [-0.15, -0.1) is 0 Å². The molecule has 0 unspecified atom stereocenters. The minimum Gasteiger partial charge on any atom is -0.478 e. The molecule has 27 heavy (non-hydrogen) atoms. The maximum Gasteiger partial charge on any atom is 0.337 e. The van der Waals surface area contributed by atoms with E-state index in [-0.39, 0.29) is 12.0 Å². The van der Waals surface area contributed by atoms with Gasteiger partial charge in [0.25, 0.3) is 0 Å². The quantitative estimate of drug-likeness (QED) is 0.566. The highest BCUT2D eigenvalue weighted by Gasteiger charge is 2.44. The fraction of sp³-hybridized carbons (Fsp3) is 0.174. The van der Waals surface area contributed by atoms with Crippen LogP contribution in [0.4, 0.5) is 5.69 Å². The number of nitrogens with one attached hydrogen (secondary N) is 1. The number of carbonyl (C=O) groups is 1. The zero-order chi connectivity index (χ0) is 18.5. The van der Waals surface area contributed by atoms with Gasteiger partial charge in [-0.2, -0.15) is 0 Å². The number of hydrogen-bond donors (Lipinski definition) is 2. The predicted molar refractivity (Wildman–Crippen MR) is 109 cm³/mol. The lowest BCUT2D eigenvalue weighted by molar-refractivity contribution is 0.0697. The lowest BCUT2D eigenvalue weighted by atomic mass is 9.75. The molecule has 3 nitrogen and oxygen atoms in total. The van der Waals surface area contributed by atoms with E-state index in [1.54, 1.807) is 6.07 Å².